The number of carbonyl (C=O) groups is 1. The highest BCUT2D eigenvalue weighted by molar-refractivity contribution is 6.03. The number of anilines is 2. The zero-order valence-corrected chi connectivity index (χ0v) is 14.1. The topological polar surface area (TPSA) is 76.1 Å². The molecule has 3 rings (SSSR count). The van der Waals surface area contributed by atoms with Gasteiger partial charge in [-0.15, -0.1) is 10.2 Å². The normalized spacial score (nSPS) is 10.2. The lowest BCUT2D eigenvalue weighted by Crippen LogP contribution is -2.15. The van der Waals surface area contributed by atoms with Crippen LogP contribution < -0.4 is 15.4 Å². The Morgan fingerprint density at radius 3 is 2.35 bits per heavy atom. The number of hydrogen-bond acceptors (Lipinski definition) is 5. The number of methoxy groups -OCH3 is 1. The zero-order valence-electron chi connectivity index (χ0n) is 14.1. The molecule has 0 aliphatic heterocycles. The second-order valence-electron chi connectivity index (χ2n) is 5.44. The number of nitrogens with zero attached hydrogens (tertiary/aromatic N) is 2. The fourth-order valence-electron chi connectivity index (χ4n) is 2.26. The number of benzene rings is 2. The van der Waals surface area contributed by atoms with Crippen LogP contribution in [0.5, 0.6) is 5.75 Å². The molecule has 2 N–H and O–H groups in total. The van der Waals surface area contributed by atoms with Gasteiger partial charge >= 0.3 is 0 Å². The van der Waals surface area contributed by atoms with E-state index in [9.17, 15) is 9.18 Å². The van der Waals surface area contributed by atoms with E-state index in [0.29, 0.717) is 12.4 Å². The second-order valence-corrected chi connectivity index (χ2v) is 5.44. The van der Waals surface area contributed by atoms with E-state index in [0.717, 1.165) is 11.3 Å². The van der Waals surface area contributed by atoms with Crippen molar-refractivity contribution < 1.29 is 13.9 Å². The van der Waals surface area contributed by atoms with Gasteiger partial charge in [-0.2, -0.15) is 0 Å². The van der Waals surface area contributed by atoms with Gasteiger partial charge in [-0.1, -0.05) is 24.3 Å². The van der Waals surface area contributed by atoms with E-state index in [1.54, 1.807) is 25.3 Å². The predicted octanol–water partition coefficient (Wildman–Crippen LogP) is 3.49. The Bertz CT molecular complexity index is 883. The van der Waals surface area contributed by atoms with Crippen LogP contribution in [0, 0.1) is 5.82 Å². The zero-order chi connectivity index (χ0) is 18.4. The van der Waals surface area contributed by atoms with E-state index in [-0.39, 0.29) is 11.4 Å². The number of aromatic nitrogens is 2. The molecule has 3 aromatic rings. The third kappa shape index (κ3) is 4.32. The predicted molar refractivity (Wildman–Crippen MR) is 96.7 cm³/mol. The molecule has 0 unspecified atom stereocenters. The molecular weight excluding hydrogens is 335 g/mol. The number of halogens is 1. The minimum absolute atomic E-state index is 0.0454. The first-order valence-electron chi connectivity index (χ1n) is 7.92. The first-order chi connectivity index (χ1) is 12.7. The number of ether oxygens (including phenoxy) is 1. The van der Waals surface area contributed by atoms with E-state index in [2.05, 4.69) is 20.8 Å². The lowest BCUT2D eigenvalue weighted by atomic mass is 10.2. The molecule has 0 saturated heterocycles. The van der Waals surface area contributed by atoms with Gasteiger partial charge in [0.1, 0.15) is 17.4 Å². The quantitative estimate of drug-likeness (QED) is 0.710. The standard InChI is InChI=1S/C19H17FN4O2/c1-26-14-8-6-13(7-9-14)12-21-17-10-11-18(24-23-17)22-19(25)15-4-2-3-5-16(15)20/h2-11H,12H2,1H3,(H,21,23)(H,22,24,25). The number of amides is 1. The van der Waals surface area contributed by atoms with Gasteiger partial charge in [0.2, 0.25) is 0 Å². The monoisotopic (exact) mass is 352 g/mol. The summed E-state index contributed by atoms with van der Waals surface area (Å²) in [6.45, 7) is 0.569. The molecule has 0 radical (unpaired) electrons. The van der Waals surface area contributed by atoms with E-state index >= 15 is 0 Å². The second kappa shape index (κ2) is 8.06. The molecule has 1 aromatic heterocycles. The van der Waals surface area contributed by atoms with Crippen molar-refractivity contribution in [3.05, 3.63) is 77.6 Å². The number of rotatable bonds is 6. The summed E-state index contributed by atoms with van der Waals surface area (Å²) in [5.41, 5.74) is 1.01. The van der Waals surface area contributed by atoms with Gasteiger partial charge in [-0.3, -0.25) is 4.79 Å². The summed E-state index contributed by atoms with van der Waals surface area (Å²) in [6.07, 6.45) is 0. The Hall–Kier alpha value is -3.48. The molecule has 0 bridgehead atoms. The molecule has 6 nitrogen and oxygen atoms in total. The van der Waals surface area contributed by atoms with Gasteiger partial charge in [0.25, 0.3) is 5.91 Å². The molecular formula is C19H17FN4O2. The van der Waals surface area contributed by atoms with Crippen LogP contribution in [0.15, 0.2) is 60.7 Å². The molecule has 0 atom stereocenters. The third-order valence-electron chi connectivity index (χ3n) is 3.66. The van der Waals surface area contributed by atoms with Crippen LogP contribution in [0.3, 0.4) is 0 Å². The summed E-state index contributed by atoms with van der Waals surface area (Å²) >= 11 is 0. The maximum absolute atomic E-state index is 13.6. The van der Waals surface area contributed by atoms with Crippen molar-refractivity contribution in [3.8, 4) is 5.75 Å². The van der Waals surface area contributed by atoms with Crippen molar-refractivity contribution in [1.29, 1.82) is 0 Å². The van der Waals surface area contributed by atoms with Crippen molar-refractivity contribution in [1.82, 2.24) is 10.2 Å². The molecule has 1 amide bonds. The summed E-state index contributed by atoms with van der Waals surface area (Å²) in [7, 11) is 1.62. The van der Waals surface area contributed by atoms with E-state index < -0.39 is 11.7 Å². The van der Waals surface area contributed by atoms with Crippen LogP contribution in [0.4, 0.5) is 16.0 Å². The van der Waals surface area contributed by atoms with Crippen LogP contribution in [0.2, 0.25) is 0 Å². The summed E-state index contributed by atoms with van der Waals surface area (Å²) in [5, 5.41) is 13.6. The van der Waals surface area contributed by atoms with Crippen LogP contribution >= 0.6 is 0 Å². The van der Waals surface area contributed by atoms with Crippen LogP contribution in [0.25, 0.3) is 0 Å². The van der Waals surface area contributed by atoms with Gasteiger partial charge in [-0.25, -0.2) is 4.39 Å². The SMILES string of the molecule is COc1ccc(CNc2ccc(NC(=O)c3ccccc3F)nn2)cc1. The van der Waals surface area contributed by atoms with Crippen LogP contribution in [-0.4, -0.2) is 23.2 Å². The van der Waals surface area contributed by atoms with Crippen molar-refractivity contribution in [3.63, 3.8) is 0 Å². The third-order valence-corrected chi connectivity index (χ3v) is 3.66. The lowest BCUT2D eigenvalue weighted by Gasteiger charge is -2.08. The van der Waals surface area contributed by atoms with E-state index in [1.807, 2.05) is 24.3 Å². The Balaban J connectivity index is 1.57. The van der Waals surface area contributed by atoms with Gasteiger partial charge in [0.05, 0.1) is 12.7 Å². The molecule has 0 saturated carbocycles. The molecule has 0 aliphatic carbocycles. The Morgan fingerprint density at radius 2 is 1.69 bits per heavy atom. The Kier molecular flexibility index (Phi) is 5.38. The van der Waals surface area contributed by atoms with Crippen molar-refractivity contribution in [2.75, 3.05) is 17.7 Å². The summed E-state index contributed by atoms with van der Waals surface area (Å²) < 4.78 is 18.7. The van der Waals surface area contributed by atoms with Gasteiger partial charge in [0.15, 0.2) is 5.82 Å². The summed E-state index contributed by atoms with van der Waals surface area (Å²) in [5.74, 6) is 0.438. The molecule has 26 heavy (non-hydrogen) atoms. The average molecular weight is 352 g/mol. The largest absolute Gasteiger partial charge is 0.497 e. The number of hydrogen-bond donors (Lipinski definition) is 2. The molecule has 7 heteroatoms. The molecule has 0 fully saturated rings. The Labute approximate surface area is 150 Å². The first-order valence-corrected chi connectivity index (χ1v) is 7.92. The fourth-order valence-corrected chi connectivity index (χ4v) is 2.26. The maximum atomic E-state index is 13.6. The van der Waals surface area contributed by atoms with E-state index in [4.69, 9.17) is 4.74 Å². The lowest BCUT2D eigenvalue weighted by molar-refractivity contribution is 0.102. The number of nitrogens with one attached hydrogen (secondary N) is 2. The van der Waals surface area contributed by atoms with Gasteiger partial charge in [0, 0.05) is 6.54 Å². The maximum Gasteiger partial charge on any atom is 0.259 e. The van der Waals surface area contributed by atoms with Crippen molar-refractivity contribution in [2.24, 2.45) is 0 Å². The van der Waals surface area contributed by atoms with Gasteiger partial charge in [-0.05, 0) is 42.0 Å². The van der Waals surface area contributed by atoms with E-state index in [1.165, 1.54) is 18.2 Å². The van der Waals surface area contributed by atoms with Gasteiger partial charge < -0.3 is 15.4 Å². The molecule has 0 spiro atoms. The molecule has 132 valence electrons. The van der Waals surface area contributed by atoms with Crippen LogP contribution in [0.1, 0.15) is 15.9 Å². The molecule has 1 heterocycles. The average Bonchev–Trinajstić information content (AvgIpc) is 2.68. The molecule has 2 aromatic carbocycles. The summed E-state index contributed by atoms with van der Waals surface area (Å²) in [6, 6.07) is 16.7. The highest BCUT2D eigenvalue weighted by Crippen LogP contribution is 2.14. The van der Waals surface area contributed by atoms with Crippen LogP contribution in [-0.2, 0) is 6.54 Å². The highest BCUT2D eigenvalue weighted by atomic mass is 19.1. The minimum atomic E-state index is -0.587. The Morgan fingerprint density at radius 1 is 1.00 bits per heavy atom. The summed E-state index contributed by atoms with van der Waals surface area (Å²) in [4.78, 5) is 12.0. The van der Waals surface area contributed by atoms with Crippen molar-refractivity contribution in [2.45, 2.75) is 6.54 Å². The first kappa shape index (κ1) is 17.3. The van der Waals surface area contributed by atoms with Crippen molar-refractivity contribution >= 4 is 17.5 Å². The number of carbonyl (C=O) groups excluding carboxylic acids is 1. The highest BCUT2D eigenvalue weighted by Gasteiger charge is 2.11. The minimum Gasteiger partial charge on any atom is -0.497 e. The fraction of sp³-hybridized carbons (Fsp3) is 0.105. The smallest absolute Gasteiger partial charge is 0.259 e. The molecule has 0 aliphatic rings.